The second kappa shape index (κ2) is 5.28. The lowest BCUT2D eigenvalue weighted by molar-refractivity contribution is 0.102. The fourth-order valence-corrected chi connectivity index (χ4v) is 2.16. The van der Waals surface area contributed by atoms with E-state index in [2.05, 4.69) is 35.0 Å². The summed E-state index contributed by atoms with van der Waals surface area (Å²) in [5.41, 5.74) is 4.06. The summed E-state index contributed by atoms with van der Waals surface area (Å²) in [5.74, 6) is 0.113. The Morgan fingerprint density at radius 1 is 1.12 bits per heavy atom. The van der Waals surface area contributed by atoms with E-state index in [1.165, 1.54) is 5.56 Å². The van der Waals surface area contributed by atoms with Crippen molar-refractivity contribution in [2.75, 3.05) is 5.33 Å². The molecule has 0 aliphatic carbocycles. The normalized spacial score (nSPS) is 10.2. The zero-order valence-corrected chi connectivity index (χ0v) is 11.2. The Hall–Kier alpha value is -1.41. The lowest BCUT2D eigenvalue weighted by Crippen LogP contribution is -2.02. The van der Waals surface area contributed by atoms with Crippen LogP contribution < -0.4 is 0 Å². The molecule has 0 amide bonds. The number of benzene rings is 2. The van der Waals surface area contributed by atoms with Gasteiger partial charge in [0.25, 0.3) is 0 Å². The van der Waals surface area contributed by atoms with Crippen LogP contribution in [0.1, 0.15) is 15.9 Å². The fourth-order valence-electron chi connectivity index (χ4n) is 1.86. The summed E-state index contributed by atoms with van der Waals surface area (Å²) in [5, 5.41) is 0.357. The van der Waals surface area contributed by atoms with Gasteiger partial charge in [0.2, 0.25) is 0 Å². The zero-order chi connectivity index (χ0) is 12.3. The van der Waals surface area contributed by atoms with E-state index in [1.807, 2.05) is 36.4 Å². The van der Waals surface area contributed by atoms with Crippen molar-refractivity contribution in [2.24, 2.45) is 0 Å². The molecule has 0 N–H and O–H groups in total. The highest BCUT2D eigenvalue weighted by Crippen LogP contribution is 2.25. The van der Waals surface area contributed by atoms with E-state index in [9.17, 15) is 4.79 Å². The van der Waals surface area contributed by atoms with Crippen LogP contribution in [0.4, 0.5) is 0 Å². The molecule has 0 fully saturated rings. The minimum absolute atomic E-state index is 0.113. The van der Waals surface area contributed by atoms with Crippen LogP contribution in [0.25, 0.3) is 11.1 Å². The number of hydrogen-bond acceptors (Lipinski definition) is 1. The van der Waals surface area contributed by atoms with Crippen molar-refractivity contribution < 1.29 is 4.79 Å². The number of aryl methyl sites for hydroxylation is 1. The SMILES string of the molecule is Cc1cccc(-c2ccccc2C(=O)CBr)c1. The van der Waals surface area contributed by atoms with Crippen molar-refractivity contribution in [3.05, 3.63) is 59.7 Å². The summed E-state index contributed by atoms with van der Waals surface area (Å²) in [6, 6.07) is 15.9. The maximum atomic E-state index is 11.8. The third-order valence-corrected chi connectivity index (χ3v) is 3.19. The predicted octanol–water partition coefficient (Wildman–Crippen LogP) is 4.24. The Morgan fingerprint density at radius 2 is 1.88 bits per heavy atom. The molecule has 0 radical (unpaired) electrons. The van der Waals surface area contributed by atoms with Crippen molar-refractivity contribution in [1.29, 1.82) is 0 Å². The standard InChI is InChI=1S/C15H13BrO/c1-11-5-4-6-12(9-11)13-7-2-3-8-14(13)15(17)10-16/h2-9H,10H2,1H3. The molecule has 17 heavy (non-hydrogen) atoms. The molecule has 2 rings (SSSR count). The van der Waals surface area contributed by atoms with Gasteiger partial charge in [-0.3, -0.25) is 4.79 Å². The number of alkyl halides is 1. The van der Waals surface area contributed by atoms with Crippen LogP contribution in [0.15, 0.2) is 48.5 Å². The van der Waals surface area contributed by atoms with E-state index in [-0.39, 0.29) is 5.78 Å². The van der Waals surface area contributed by atoms with Gasteiger partial charge < -0.3 is 0 Å². The summed E-state index contributed by atoms with van der Waals surface area (Å²) < 4.78 is 0. The van der Waals surface area contributed by atoms with E-state index in [1.54, 1.807) is 0 Å². The van der Waals surface area contributed by atoms with Crippen molar-refractivity contribution in [3.63, 3.8) is 0 Å². The van der Waals surface area contributed by atoms with Gasteiger partial charge in [0.1, 0.15) is 0 Å². The van der Waals surface area contributed by atoms with E-state index in [4.69, 9.17) is 0 Å². The number of carbonyl (C=O) groups excluding carboxylic acids is 1. The first-order valence-electron chi connectivity index (χ1n) is 5.47. The molecule has 0 aliphatic heterocycles. The van der Waals surface area contributed by atoms with Crippen molar-refractivity contribution in [1.82, 2.24) is 0 Å². The van der Waals surface area contributed by atoms with Gasteiger partial charge in [0, 0.05) is 5.56 Å². The molecule has 0 spiro atoms. The second-order valence-corrected chi connectivity index (χ2v) is 4.53. The number of ketones is 1. The topological polar surface area (TPSA) is 17.1 Å². The minimum atomic E-state index is 0.113. The van der Waals surface area contributed by atoms with Crippen molar-refractivity contribution in [3.8, 4) is 11.1 Å². The second-order valence-electron chi connectivity index (χ2n) is 3.97. The summed E-state index contributed by atoms with van der Waals surface area (Å²) in [4.78, 5) is 11.8. The van der Waals surface area contributed by atoms with Gasteiger partial charge >= 0.3 is 0 Å². The molecule has 0 atom stereocenters. The van der Waals surface area contributed by atoms with Gasteiger partial charge in [0.15, 0.2) is 5.78 Å². The van der Waals surface area contributed by atoms with Crippen molar-refractivity contribution >= 4 is 21.7 Å². The molecule has 0 bridgehead atoms. The maximum absolute atomic E-state index is 11.8. The molecule has 0 heterocycles. The van der Waals surface area contributed by atoms with Gasteiger partial charge in [-0.1, -0.05) is 70.0 Å². The van der Waals surface area contributed by atoms with Gasteiger partial charge in [-0.05, 0) is 18.1 Å². The van der Waals surface area contributed by atoms with Crippen LogP contribution in [0.5, 0.6) is 0 Å². The molecule has 0 aromatic heterocycles. The van der Waals surface area contributed by atoms with Gasteiger partial charge in [-0.15, -0.1) is 0 Å². The third-order valence-electron chi connectivity index (χ3n) is 2.68. The Bertz CT molecular complexity index is 546. The van der Waals surface area contributed by atoms with Gasteiger partial charge in [-0.25, -0.2) is 0 Å². The number of carbonyl (C=O) groups is 1. The van der Waals surface area contributed by atoms with E-state index < -0.39 is 0 Å². The van der Waals surface area contributed by atoms with Crippen LogP contribution in [-0.4, -0.2) is 11.1 Å². The number of halogens is 1. The first-order chi connectivity index (χ1) is 8.22. The molecular weight excluding hydrogens is 276 g/mol. The number of Topliss-reactive ketones (excluding diaryl/α,β-unsaturated/α-hetero) is 1. The van der Waals surface area contributed by atoms with E-state index in [0.29, 0.717) is 5.33 Å². The molecule has 0 aliphatic rings. The summed E-state index contributed by atoms with van der Waals surface area (Å²) in [7, 11) is 0. The van der Waals surface area contributed by atoms with Gasteiger partial charge in [-0.2, -0.15) is 0 Å². The Morgan fingerprint density at radius 3 is 2.59 bits per heavy atom. The number of hydrogen-bond donors (Lipinski definition) is 0. The molecule has 2 aromatic rings. The molecule has 2 heteroatoms. The lowest BCUT2D eigenvalue weighted by Gasteiger charge is -2.08. The highest BCUT2D eigenvalue weighted by molar-refractivity contribution is 9.09. The van der Waals surface area contributed by atoms with Crippen LogP contribution >= 0.6 is 15.9 Å². The molecule has 0 saturated heterocycles. The van der Waals surface area contributed by atoms with Crippen LogP contribution in [0.2, 0.25) is 0 Å². The molecular formula is C15H13BrO. The molecule has 0 unspecified atom stereocenters. The molecule has 2 aromatic carbocycles. The monoisotopic (exact) mass is 288 g/mol. The highest BCUT2D eigenvalue weighted by Gasteiger charge is 2.10. The first-order valence-corrected chi connectivity index (χ1v) is 6.60. The Labute approximate surface area is 110 Å². The fraction of sp³-hybridized carbons (Fsp3) is 0.133. The Kier molecular flexibility index (Phi) is 3.75. The van der Waals surface area contributed by atoms with Crippen LogP contribution in [-0.2, 0) is 0 Å². The average molecular weight is 289 g/mol. The highest BCUT2D eigenvalue weighted by atomic mass is 79.9. The molecule has 0 saturated carbocycles. The van der Waals surface area contributed by atoms with E-state index in [0.717, 1.165) is 16.7 Å². The average Bonchev–Trinajstić information content (AvgIpc) is 2.38. The summed E-state index contributed by atoms with van der Waals surface area (Å²) >= 11 is 3.22. The summed E-state index contributed by atoms with van der Waals surface area (Å²) in [6.45, 7) is 2.05. The Balaban J connectivity index is 2.55. The van der Waals surface area contributed by atoms with Crippen molar-refractivity contribution in [2.45, 2.75) is 6.92 Å². The molecule has 86 valence electrons. The first kappa shape index (κ1) is 12.1. The van der Waals surface area contributed by atoms with Gasteiger partial charge in [0.05, 0.1) is 5.33 Å². The lowest BCUT2D eigenvalue weighted by atomic mass is 9.96. The van der Waals surface area contributed by atoms with Crippen LogP contribution in [0, 0.1) is 6.92 Å². The summed E-state index contributed by atoms with van der Waals surface area (Å²) in [6.07, 6.45) is 0. The third kappa shape index (κ3) is 2.64. The zero-order valence-electron chi connectivity index (χ0n) is 9.61. The van der Waals surface area contributed by atoms with E-state index >= 15 is 0 Å². The predicted molar refractivity (Wildman–Crippen MR) is 74.7 cm³/mol. The number of rotatable bonds is 3. The smallest absolute Gasteiger partial charge is 0.173 e. The largest absolute Gasteiger partial charge is 0.293 e. The minimum Gasteiger partial charge on any atom is -0.293 e. The quantitative estimate of drug-likeness (QED) is 0.610. The molecule has 1 nitrogen and oxygen atoms in total. The maximum Gasteiger partial charge on any atom is 0.173 e. The van der Waals surface area contributed by atoms with Crippen LogP contribution in [0.3, 0.4) is 0 Å².